The first kappa shape index (κ1) is 13.5. The van der Waals surface area contributed by atoms with Gasteiger partial charge in [0.15, 0.2) is 0 Å². The number of rotatable bonds is 3. The van der Waals surface area contributed by atoms with E-state index in [9.17, 15) is 14.0 Å². The number of carbonyl (C=O) groups excluding carboxylic acids is 2. The van der Waals surface area contributed by atoms with Crippen LogP contribution in [0.4, 0.5) is 10.1 Å². The minimum absolute atomic E-state index is 0.181. The summed E-state index contributed by atoms with van der Waals surface area (Å²) in [5.41, 5.74) is 2.20. The normalized spacial score (nSPS) is 10.4. The molecule has 0 fully saturated rings. The molecule has 2 N–H and O–H groups in total. The van der Waals surface area contributed by atoms with Gasteiger partial charge in [-0.2, -0.15) is 5.10 Å². The highest BCUT2D eigenvalue weighted by Gasteiger charge is 2.12. The Morgan fingerprint density at radius 2 is 2.05 bits per heavy atom. The van der Waals surface area contributed by atoms with Crippen molar-refractivity contribution in [3.8, 4) is 0 Å². The van der Waals surface area contributed by atoms with Crippen molar-refractivity contribution < 1.29 is 18.4 Å². The van der Waals surface area contributed by atoms with Crippen LogP contribution in [0.2, 0.25) is 0 Å². The van der Waals surface area contributed by atoms with Crippen molar-refractivity contribution in [2.45, 2.75) is 0 Å². The van der Waals surface area contributed by atoms with Gasteiger partial charge in [0.05, 0.1) is 12.5 Å². The van der Waals surface area contributed by atoms with E-state index >= 15 is 0 Å². The highest BCUT2D eigenvalue weighted by molar-refractivity contribution is 6.39. The van der Waals surface area contributed by atoms with Crippen LogP contribution in [0.1, 0.15) is 5.76 Å². The summed E-state index contributed by atoms with van der Waals surface area (Å²) in [6.45, 7) is 0. The lowest BCUT2D eigenvalue weighted by molar-refractivity contribution is -0.136. The molecule has 0 saturated heterocycles. The van der Waals surface area contributed by atoms with E-state index in [-0.39, 0.29) is 5.69 Å². The average molecular weight is 275 g/mol. The number of anilines is 1. The number of benzene rings is 1. The van der Waals surface area contributed by atoms with Gasteiger partial charge in [0.25, 0.3) is 0 Å². The third kappa shape index (κ3) is 3.77. The van der Waals surface area contributed by atoms with E-state index in [1.165, 1.54) is 30.7 Å². The minimum atomic E-state index is -0.975. The number of furan rings is 1. The quantitative estimate of drug-likeness (QED) is 0.506. The van der Waals surface area contributed by atoms with E-state index in [2.05, 4.69) is 10.4 Å². The molecule has 0 saturated carbocycles. The number of nitrogens with one attached hydrogen (secondary N) is 2. The Balaban J connectivity index is 1.87. The molecule has 0 spiro atoms. The molecule has 7 heteroatoms. The topological polar surface area (TPSA) is 83.7 Å². The first-order valence-corrected chi connectivity index (χ1v) is 5.58. The zero-order valence-corrected chi connectivity index (χ0v) is 10.2. The predicted molar refractivity (Wildman–Crippen MR) is 69.5 cm³/mol. The van der Waals surface area contributed by atoms with Gasteiger partial charge in [-0.3, -0.25) is 9.59 Å². The Hall–Kier alpha value is -2.96. The Morgan fingerprint density at radius 3 is 2.75 bits per heavy atom. The molecule has 1 aromatic heterocycles. The van der Waals surface area contributed by atoms with Crippen LogP contribution in [-0.4, -0.2) is 18.0 Å². The van der Waals surface area contributed by atoms with Crippen molar-refractivity contribution in [3.05, 3.63) is 54.2 Å². The molecular weight excluding hydrogens is 265 g/mol. The van der Waals surface area contributed by atoms with Crippen LogP contribution in [0.25, 0.3) is 0 Å². The lowest BCUT2D eigenvalue weighted by Crippen LogP contribution is -2.32. The molecular formula is C13H10FN3O3. The fourth-order valence-electron chi connectivity index (χ4n) is 1.32. The summed E-state index contributed by atoms with van der Waals surface area (Å²) in [5.74, 6) is -2.01. The molecule has 0 atom stereocenters. The summed E-state index contributed by atoms with van der Waals surface area (Å²) in [5, 5.41) is 5.78. The Kier molecular flexibility index (Phi) is 4.23. The van der Waals surface area contributed by atoms with E-state index < -0.39 is 17.6 Å². The molecule has 0 aliphatic heterocycles. The van der Waals surface area contributed by atoms with Gasteiger partial charge in [0, 0.05) is 5.69 Å². The average Bonchev–Trinajstić information content (AvgIpc) is 2.91. The molecule has 20 heavy (non-hydrogen) atoms. The van der Waals surface area contributed by atoms with Crippen LogP contribution in [-0.2, 0) is 9.59 Å². The number of halogens is 1. The second-order valence-electron chi connectivity index (χ2n) is 3.68. The van der Waals surface area contributed by atoms with Crippen molar-refractivity contribution in [2.75, 3.05) is 5.32 Å². The monoisotopic (exact) mass is 275 g/mol. The maximum absolute atomic E-state index is 12.9. The van der Waals surface area contributed by atoms with Crippen LogP contribution >= 0.6 is 0 Å². The smallest absolute Gasteiger partial charge is 0.329 e. The van der Waals surface area contributed by atoms with Crippen LogP contribution < -0.4 is 10.7 Å². The largest absolute Gasteiger partial charge is 0.463 e. The number of hydrogen-bond donors (Lipinski definition) is 2. The molecule has 2 amide bonds. The zero-order valence-electron chi connectivity index (χ0n) is 10.2. The fourth-order valence-corrected chi connectivity index (χ4v) is 1.32. The van der Waals surface area contributed by atoms with Gasteiger partial charge >= 0.3 is 11.8 Å². The van der Waals surface area contributed by atoms with Gasteiger partial charge in [-0.25, -0.2) is 9.82 Å². The van der Waals surface area contributed by atoms with Crippen molar-refractivity contribution >= 4 is 23.7 Å². The molecule has 2 rings (SSSR count). The fraction of sp³-hybridized carbons (Fsp3) is 0. The summed E-state index contributed by atoms with van der Waals surface area (Å²) in [4.78, 5) is 22.9. The van der Waals surface area contributed by atoms with Crippen molar-refractivity contribution in [1.29, 1.82) is 0 Å². The van der Waals surface area contributed by atoms with Crippen LogP contribution in [0.15, 0.2) is 52.2 Å². The van der Waals surface area contributed by atoms with E-state index in [0.717, 1.165) is 6.07 Å². The highest BCUT2D eigenvalue weighted by Crippen LogP contribution is 2.08. The number of carbonyl (C=O) groups is 2. The van der Waals surface area contributed by atoms with Gasteiger partial charge in [-0.05, 0) is 30.3 Å². The van der Waals surface area contributed by atoms with Gasteiger partial charge in [-0.1, -0.05) is 6.07 Å². The van der Waals surface area contributed by atoms with E-state index in [4.69, 9.17) is 4.42 Å². The number of nitrogens with zero attached hydrogens (tertiary/aromatic N) is 1. The number of amides is 2. The van der Waals surface area contributed by atoms with Crippen molar-refractivity contribution in [2.24, 2.45) is 5.10 Å². The first-order chi connectivity index (χ1) is 9.65. The molecule has 2 aromatic rings. The minimum Gasteiger partial charge on any atom is -0.463 e. The molecule has 0 aliphatic rings. The second-order valence-corrected chi connectivity index (χ2v) is 3.68. The Morgan fingerprint density at radius 1 is 1.20 bits per heavy atom. The highest BCUT2D eigenvalue weighted by atomic mass is 19.1. The molecule has 102 valence electrons. The lowest BCUT2D eigenvalue weighted by Gasteiger charge is -2.03. The standard InChI is InChI=1S/C13H10FN3O3/c14-9-3-1-4-10(7-9)16-12(18)13(19)17-15-8-11-5-2-6-20-11/h1-8H,(H,16,18)(H,17,19)/b15-8+. The third-order valence-corrected chi connectivity index (χ3v) is 2.19. The third-order valence-electron chi connectivity index (χ3n) is 2.19. The molecule has 0 unspecified atom stereocenters. The summed E-state index contributed by atoms with van der Waals surface area (Å²) in [6, 6.07) is 8.47. The zero-order chi connectivity index (χ0) is 14.4. The molecule has 0 aliphatic carbocycles. The molecule has 0 bridgehead atoms. The molecule has 1 aromatic carbocycles. The maximum Gasteiger partial charge on any atom is 0.329 e. The van der Waals surface area contributed by atoms with E-state index in [1.807, 2.05) is 5.43 Å². The van der Waals surface area contributed by atoms with Crippen molar-refractivity contribution in [3.63, 3.8) is 0 Å². The number of hydrazone groups is 1. The molecule has 6 nitrogen and oxygen atoms in total. The second kappa shape index (κ2) is 6.28. The van der Waals surface area contributed by atoms with E-state index in [0.29, 0.717) is 5.76 Å². The Labute approximate surface area is 113 Å². The van der Waals surface area contributed by atoms with Crippen LogP contribution in [0.3, 0.4) is 0 Å². The van der Waals surface area contributed by atoms with Gasteiger partial charge in [0.2, 0.25) is 0 Å². The summed E-state index contributed by atoms with van der Waals surface area (Å²) in [7, 11) is 0. The Bertz CT molecular complexity index is 638. The van der Waals surface area contributed by atoms with Crippen LogP contribution in [0.5, 0.6) is 0 Å². The van der Waals surface area contributed by atoms with Gasteiger partial charge < -0.3 is 9.73 Å². The summed E-state index contributed by atoms with van der Waals surface area (Å²) < 4.78 is 17.8. The maximum atomic E-state index is 12.9. The predicted octanol–water partition coefficient (Wildman–Crippen LogP) is 1.51. The summed E-state index contributed by atoms with van der Waals surface area (Å²) >= 11 is 0. The molecule has 1 heterocycles. The van der Waals surface area contributed by atoms with Gasteiger partial charge in [0.1, 0.15) is 11.6 Å². The van der Waals surface area contributed by atoms with E-state index in [1.54, 1.807) is 12.1 Å². The van der Waals surface area contributed by atoms with Crippen LogP contribution in [0, 0.1) is 5.82 Å². The lowest BCUT2D eigenvalue weighted by atomic mass is 10.3. The SMILES string of the molecule is O=C(N/N=C/c1ccco1)C(=O)Nc1cccc(F)c1. The van der Waals surface area contributed by atoms with Crippen molar-refractivity contribution in [1.82, 2.24) is 5.43 Å². The number of hydrogen-bond acceptors (Lipinski definition) is 4. The first-order valence-electron chi connectivity index (χ1n) is 5.58. The molecule has 0 radical (unpaired) electrons. The van der Waals surface area contributed by atoms with Gasteiger partial charge in [-0.15, -0.1) is 0 Å². The summed E-state index contributed by atoms with van der Waals surface area (Å²) in [6.07, 6.45) is 2.69.